The van der Waals surface area contributed by atoms with Crippen molar-refractivity contribution in [1.82, 2.24) is 4.98 Å². The number of nitrogens with two attached hydrogens (primary N) is 1. The van der Waals surface area contributed by atoms with Crippen LogP contribution in [0.5, 0.6) is 0 Å². The first-order chi connectivity index (χ1) is 15.3. The molecule has 4 aromatic rings. The fraction of sp³-hybridized carbons (Fsp3) is 0.0909. The summed E-state index contributed by atoms with van der Waals surface area (Å²) in [5.41, 5.74) is 7.54. The number of nitrogens with one attached hydrogen (secondary N) is 1. The summed E-state index contributed by atoms with van der Waals surface area (Å²) < 4.78 is 5.38. The van der Waals surface area contributed by atoms with Gasteiger partial charge in [0.1, 0.15) is 9.88 Å². The van der Waals surface area contributed by atoms with Crippen molar-refractivity contribution in [3.8, 4) is 10.6 Å². The van der Waals surface area contributed by atoms with Gasteiger partial charge in [0.2, 0.25) is 0 Å². The zero-order valence-electron chi connectivity index (χ0n) is 16.9. The molecule has 0 saturated heterocycles. The normalized spacial score (nSPS) is 10.8. The van der Waals surface area contributed by atoms with Crippen molar-refractivity contribution in [2.45, 2.75) is 6.92 Å². The summed E-state index contributed by atoms with van der Waals surface area (Å²) in [6, 6.07) is 12.5. The molecule has 2 amide bonds. The minimum Gasteiger partial charge on any atom is -0.465 e. The SMILES string of the molecule is COC(=O)c1sc(NC(=O)c2cc(-c3ccc(Cl)s3)nc3ccccc23)c(C(N)=O)c1C. The van der Waals surface area contributed by atoms with Gasteiger partial charge >= 0.3 is 5.97 Å². The third-order valence-electron chi connectivity index (χ3n) is 4.78. The molecule has 3 aromatic heterocycles. The summed E-state index contributed by atoms with van der Waals surface area (Å²) in [5.74, 6) is -1.83. The van der Waals surface area contributed by atoms with Crippen LogP contribution in [-0.2, 0) is 4.74 Å². The molecule has 162 valence electrons. The second-order valence-corrected chi connectivity index (χ2v) is 9.48. The number of primary amides is 1. The van der Waals surface area contributed by atoms with Crippen molar-refractivity contribution >= 4 is 68.0 Å². The van der Waals surface area contributed by atoms with E-state index < -0.39 is 17.8 Å². The largest absolute Gasteiger partial charge is 0.465 e. The molecule has 0 spiro atoms. The first-order valence-electron chi connectivity index (χ1n) is 9.28. The Balaban J connectivity index is 1.81. The number of para-hydroxylation sites is 1. The smallest absolute Gasteiger partial charge is 0.348 e. The Kier molecular flexibility index (Phi) is 5.96. The van der Waals surface area contributed by atoms with Crippen LogP contribution in [0.25, 0.3) is 21.5 Å². The van der Waals surface area contributed by atoms with Crippen molar-refractivity contribution in [3.63, 3.8) is 0 Å². The van der Waals surface area contributed by atoms with E-state index in [1.54, 1.807) is 25.1 Å². The molecule has 0 aliphatic rings. The van der Waals surface area contributed by atoms with E-state index in [9.17, 15) is 14.4 Å². The molecule has 3 heterocycles. The molecule has 0 unspecified atom stereocenters. The van der Waals surface area contributed by atoms with E-state index in [-0.39, 0.29) is 15.4 Å². The highest BCUT2D eigenvalue weighted by atomic mass is 35.5. The Bertz CT molecular complexity index is 1390. The van der Waals surface area contributed by atoms with Gasteiger partial charge in [-0.3, -0.25) is 9.59 Å². The Labute approximate surface area is 195 Å². The number of pyridine rings is 1. The summed E-state index contributed by atoms with van der Waals surface area (Å²) in [6.45, 7) is 1.58. The van der Waals surface area contributed by atoms with E-state index in [1.807, 2.05) is 24.3 Å². The van der Waals surface area contributed by atoms with Gasteiger partial charge in [0, 0.05) is 5.39 Å². The lowest BCUT2D eigenvalue weighted by atomic mass is 10.1. The first-order valence-corrected chi connectivity index (χ1v) is 11.3. The standard InChI is InChI=1S/C22H16ClN3O4S2/c1-10-17(19(24)27)21(32-18(10)22(29)30-2)26-20(28)12-9-14(15-7-8-16(23)31-15)25-13-6-4-3-5-11(12)13/h3-9H,1-2H3,(H2,24,27)(H,26,28). The van der Waals surface area contributed by atoms with Crippen LogP contribution in [-0.4, -0.2) is 29.9 Å². The molecule has 7 nitrogen and oxygen atoms in total. The second kappa shape index (κ2) is 8.70. The van der Waals surface area contributed by atoms with Gasteiger partial charge in [-0.05, 0) is 36.8 Å². The van der Waals surface area contributed by atoms with Gasteiger partial charge in [-0.2, -0.15) is 0 Å². The van der Waals surface area contributed by atoms with Crippen LogP contribution in [0.1, 0.15) is 36.0 Å². The summed E-state index contributed by atoms with van der Waals surface area (Å²) in [4.78, 5) is 43.1. The predicted octanol–water partition coefficient (Wildman–Crippen LogP) is 5.12. The van der Waals surface area contributed by atoms with Crippen LogP contribution < -0.4 is 11.1 Å². The summed E-state index contributed by atoms with van der Waals surface area (Å²) >= 11 is 8.36. The zero-order chi connectivity index (χ0) is 23.0. The maximum Gasteiger partial charge on any atom is 0.348 e. The number of esters is 1. The number of nitrogens with zero attached hydrogens (tertiary/aromatic N) is 1. The Morgan fingerprint density at radius 1 is 1.12 bits per heavy atom. The molecule has 32 heavy (non-hydrogen) atoms. The summed E-state index contributed by atoms with van der Waals surface area (Å²) in [7, 11) is 1.24. The van der Waals surface area contributed by atoms with Crippen LogP contribution in [0.3, 0.4) is 0 Å². The van der Waals surface area contributed by atoms with Gasteiger partial charge in [-0.1, -0.05) is 29.8 Å². The number of hydrogen-bond acceptors (Lipinski definition) is 7. The number of rotatable bonds is 5. The van der Waals surface area contributed by atoms with Gasteiger partial charge in [0.05, 0.1) is 38.7 Å². The summed E-state index contributed by atoms with van der Waals surface area (Å²) in [5, 5.41) is 3.56. The minimum absolute atomic E-state index is 0.0763. The van der Waals surface area contributed by atoms with Gasteiger partial charge in [-0.15, -0.1) is 22.7 Å². The number of amides is 2. The molecular weight excluding hydrogens is 470 g/mol. The fourth-order valence-corrected chi connectivity index (χ4v) is 5.43. The monoisotopic (exact) mass is 485 g/mol. The molecule has 0 saturated carbocycles. The number of hydrogen-bond donors (Lipinski definition) is 2. The lowest BCUT2D eigenvalue weighted by Gasteiger charge is -2.10. The van der Waals surface area contributed by atoms with Gasteiger partial charge in [0.25, 0.3) is 11.8 Å². The molecular formula is C22H16ClN3O4S2. The van der Waals surface area contributed by atoms with Crippen molar-refractivity contribution in [3.05, 3.63) is 68.4 Å². The number of thiophene rings is 2. The molecule has 4 rings (SSSR count). The molecule has 0 aliphatic carbocycles. The molecule has 0 bridgehead atoms. The number of fused-ring (bicyclic) bond motifs is 1. The molecule has 1 aromatic carbocycles. The number of halogens is 1. The van der Waals surface area contributed by atoms with E-state index >= 15 is 0 Å². The van der Waals surface area contributed by atoms with E-state index in [2.05, 4.69) is 10.3 Å². The fourth-order valence-electron chi connectivity index (χ4n) is 3.30. The highest BCUT2D eigenvalue weighted by Gasteiger charge is 2.26. The number of carbonyl (C=O) groups excluding carboxylic acids is 3. The third kappa shape index (κ3) is 3.97. The Hall–Kier alpha value is -3.27. The van der Waals surface area contributed by atoms with Crippen molar-refractivity contribution in [2.24, 2.45) is 5.73 Å². The lowest BCUT2D eigenvalue weighted by molar-refractivity contribution is 0.0605. The predicted molar refractivity (Wildman–Crippen MR) is 127 cm³/mol. The summed E-state index contributed by atoms with van der Waals surface area (Å²) in [6.07, 6.45) is 0. The van der Waals surface area contributed by atoms with E-state index in [0.717, 1.165) is 16.2 Å². The van der Waals surface area contributed by atoms with E-state index in [1.165, 1.54) is 18.4 Å². The van der Waals surface area contributed by atoms with Crippen LogP contribution in [0.2, 0.25) is 4.34 Å². The minimum atomic E-state index is -0.752. The highest BCUT2D eigenvalue weighted by Crippen LogP contribution is 2.35. The number of aromatic nitrogens is 1. The Morgan fingerprint density at radius 3 is 2.53 bits per heavy atom. The van der Waals surface area contributed by atoms with Gasteiger partial charge in [0.15, 0.2) is 0 Å². The average Bonchev–Trinajstić information content (AvgIpc) is 3.35. The van der Waals surface area contributed by atoms with Gasteiger partial charge in [-0.25, -0.2) is 9.78 Å². The molecule has 0 aliphatic heterocycles. The highest BCUT2D eigenvalue weighted by molar-refractivity contribution is 7.19. The molecule has 0 radical (unpaired) electrons. The van der Waals surface area contributed by atoms with Crippen LogP contribution in [0, 0.1) is 6.92 Å². The lowest BCUT2D eigenvalue weighted by Crippen LogP contribution is -2.18. The number of carbonyl (C=O) groups is 3. The maximum absolute atomic E-state index is 13.3. The van der Waals surface area contributed by atoms with Crippen LogP contribution in [0.4, 0.5) is 5.00 Å². The van der Waals surface area contributed by atoms with Gasteiger partial charge < -0.3 is 15.8 Å². The number of ether oxygens (including phenoxy) is 1. The first kappa shape index (κ1) is 21.9. The van der Waals surface area contributed by atoms with Crippen molar-refractivity contribution < 1.29 is 19.1 Å². The quantitative estimate of drug-likeness (QED) is 0.381. The second-order valence-electron chi connectivity index (χ2n) is 6.75. The van der Waals surface area contributed by atoms with Crippen molar-refractivity contribution in [2.75, 3.05) is 12.4 Å². The van der Waals surface area contributed by atoms with Crippen molar-refractivity contribution in [1.29, 1.82) is 0 Å². The molecule has 3 N–H and O–H groups in total. The number of methoxy groups -OCH3 is 1. The maximum atomic E-state index is 13.3. The molecule has 10 heteroatoms. The average molecular weight is 486 g/mol. The molecule has 0 atom stereocenters. The van der Waals surface area contributed by atoms with E-state index in [4.69, 9.17) is 22.1 Å². The number of anilines is 1. The molecule has 0 fully saturated rings. The third-order valence-corrected chi connectivity index (χ3v) is 7.22. The van der Waals surface area contributed by atoms with E-state index in [0.29, 0.717) is 32.1 Å². The van der Waals surface area contributed by atoms with Crippen LogP contribution >= 0.6 is 34.3 Å². The topological polar surface area (TPSA) is 111 Å². The zero-order valence-corrected chi connectivity index (χ0v) is 19.3. The Morgan fingerprint density at radius 2 is 1.88 bits per heavy atom. The van der Waals surface area contributed by atoms with Crippen LogP contribution in [0.15, 0.2) is 42.5 Å². The number of benzene rings is 1.